The van der Waals surface area contributed by atoms with Gasteiger partial charge in [0.25, 0.3) is 0 Å². The van der Waals surface area contributed by atoms with E-state index in [1.165, 1.54) is 57.8 Å². The molecule has 298 valence electrons. The molecule has 1 aliphatic heterocycles. The summed E-state index contributed by atoms with van der Waals surface area (Å²) in [6.07, 6.45) is 15.5. The number of hydrogen-bond acceptors (Lipinski definition) is 10. The highest BCUT2D eigenvalue weighted by Gasteiger charge is 2.38. The van der Waals surface area contributed by atoms with Gasteiger partial charge in [0.2, 0.25) is 5.91 Å². The molecule has 11 nitrogen and oxygen atoms in total. The van der Waals surface area contributed by atoms with E-state index in [4.69, 9.17) is 9.47 Å². The van der Waals surface area contributed by atoms with Crippen molar-refractivity contribution >= 4 is 15.7 Å². The monoisotopic (exact) mass is 738 g/mol. The van der Waals surface area contributed by atoms with Gasteiger partial charge in [-0.25, -0.2) is 8.42 Å². The first kappa shape index (κ1) is 47.2. The molecule has 1 heterocycles. The van der Waals surface area contributed by atoms with Crippen molar-refractivity contribution in [1.29, 1.82) is 0 Å². The molecular weight excluding hydrogens is 662 g/mol. The van der Waals surface area contributed by atoms with Crippen molar-refractivity contribution < 1.29 is 48.2 Å². The molecule has 1 amide bonds. The molecule has 0 radical (unpaired) electrons. The van der Waals surface area contributed by atoms with Gasteiger partial charge in [-0.2, -0.15) is 0 Å². The van der Waals surface area contributed by atoms with Crippen LogP contribution in [0.5, 0.6) is 0 Å². The van der Waals surface area contributed by atoms with E-state index in [1.54, 1.807) is 13.8 Å². The maximum Gasteiger partial charge on any atom is 0.220 e. The predicted molar refractivity (Wildman–Crippen MR) is 198 cm³/mol. The van der Waals surface area contributed by atoms with E-state index in [0.717, 1.165) is 57.8 Å². The van der Waals surface area contributed by atoms with Crippen LogP contribution in [0.4, 0.5) is 0 Å². The first-order valence-electron chi connectivity index (χ1n) is 20.0. The minimum Gasteiger partial charge on any atom is -0.394 e. The quantitative estimate of drug-likeness (QED) is 0.0485. The summed E-state index contributed by atoms with van der Waals surface area (Å²) in [6, 6.07) is -0.908. The van der Waals surface area contributed by atoms with Gasteiger partial charge in [0.05, 0.1) is 42.5 Å². The van der Waals surface area contributed by atoms with Gasteiger partial charge >= 0.3 is 0 Å². The van der Waals surface area contributed by atoms with E-state index in [9.17, 15) is 38.7 Å². The molecule has 0 spiro atoms. The number of carbonyl (C=O) groups is 1. The van der Waals surface area contributed by atoms with Crippen molar-refractivity contribution in [2.45, 2.75) is 217 Å². The molecule has 1 saturated heterocycles. The molecule has 0 saturated carbocycles. The van der Waals surface area contributed by atoms with Gasteiger partial charge in [-0.1, -0.05) is 122 Å². The van der Waals surface area contributed by atoms with Gasteiger partial charge in [-0.3, -0.25) is 4.79 Å². The van der Waals surface area contributed by atoms with E-state index < -0.39 is 59.3 Å². The Morgan fingerprint density at radius 3 is 1.82 bits per heavy atom. The maximum atomic E-state index is 12.9. The molecule has 50 heavy (non-hydrogen) atoms. The zero-order valence-corrected chi connectivity index (χ0v) is 32.5. The Morgan fingerprint density at radius 2 is 1.30 bits per heavy atom. The van der Waals surface area contributed by atoms with Crippen molar-refractivity contribution in [1.82, 2.24) is 5.32 Å². The lowest BCUT2D eigenvalue weighted by atomic mass is 9.99. The third-order valence-electron chi connectivity index (χ3n) is 9.98. The van der Waals surface area contributed by atoms with Gasteiger partial charge in [0.1, 0.15) is 18.3 Å². The summed E-state index contributed by atoms with van der Waals surface area (Å²) in [5, 5.41) is 54.1. The number of sulfone groups is 1. The normalized spacial score (nSPS) is 21.7. The molecule has 0 aromatic rings. The van der Waals surface area contributed by atoms with Crippen LogP contribution in [0, 0.1) is 0 Å². The highest BCUT2D eigenvalue weighted by Crippen LogP contribution is 2.22. The van der Waals surface area contributed by atoms with Crippen LogP contribution in [0.3, 0.4) is 0 Å². The van der Waals surface area contributed by atoms with Crippen molar-refractivity contribution in [3.8, 4) is 0 Å². The van der Waals surface area contributed by atoms with E-state index in [-0.39, 0.29) is 36.4 Å². The van der Waals surface area contributed by atoms with Crippen molar-refractivity contribution in [2.24, 2.45) is 0 Å². The molecule has 1 rings (SSSR count). The predicted octanol–water partition coefficient (Wildman–Crippen LogP) is 5.46. The maximum absolute atomic E-state index is 12.9. The van der Waals surface area contributed by atoms with Crippen LogP contribution >= 0.6 is 0 Å². The van der Waals surface area contributed by atoms with Crippen LogP contribution in [-0.4, -0.2) is 107 Å². The first-order valence-corrected chi connectivity index (χ1v) is 21.8. The number of hydrogen-bond donors (Lipinski definition) is 6. The lowest BCUT2D eigenvalue weighted by molar-refractivity contribution is -0.259. The number of carbonyl (C=O) groups excluding carboxylic acids is 1. The lowest BCUT2D eigenvalue weighted by Crippen LogP contribution is -2.54. The van der Waals surface area contributed by atoms with E-state index in [2.05, 4.69) is 12.2 Å². The molecular formula is C38H75NO10S. The summed E-state index contributed by atoms with van der Waals surface area (Å²) >= 11 is 0. The molecule has 0 bridgehead atoms. The summed E-state index contributed by atoms with van der Waals surface area (Å²) in [7, 11) is -2.97. The summed E-state index contributed by atoms with van der Waals surface area (Å²) < 4.78 is 35.2. The second-order valence-electron chi connectivity index (χ2n) is 14.8. The largest absolute Gasteiger partial charge is 0.394 e. The second-order valence-corrected chi connectivity index (χ2v) is 17.5. The highest BCUT2D eigenvalue weighted by atomic mass is 32.2. The molecule has 12 heteroatoms. The van der Waals surface area contributed by atoms with Crippen LogP contribution in [0.15, 0.2) is 0 Å². The number of rotatable bonds is 32. The topological polar surface area (TPSA) is 183 Å². The summed E-state index contributed by atoms with van der Waals surface area (Å²) in [5.74, 6) is -0.00590. The van der Waals surface area contributed by atoms with Crippen LogP contribution < -0.4 is 5.32 Å². The van der Waals surface area contributed by atoms with Gasteiger partial charge < -0.3 is 40.3 Å². The van der Waals surface area contributed by atoms with E-state index in [0.29, 0.717) is 19.3 Å². The van der Waals surface area contributed by atoms with Crippen LogP contribution in [-0.2, 0) is 24.1 Å². The number of amides is 1. The molecule has 7 atom stereocenters. The van der Waals surface area contributed by atoms with Crippen LogP contribution in [0.1, 0.15) is 168 Å². The molecule has 1 aliphatic rings. The van der Waals surface area contributed by atoms with Crippen LogP contribution in [0.25, 0.3) is 0 Å². The first-order chi connectivity index (χ1) is 23.9. The van der Waals surface area contributed by atoms with Gasteiger partial charge in [0, 0.05) is 12.8 Å². The Hall–Kier alpha value is -0.860. The average Bonchev–Trinajstić information content (AvgIpc) is 3.08. The number of aliphatic hydroxyl groups excluding tert-OH is 5. The zero-order chi connectivity index (χ0) is 37.2. The minimum atomic E-state index is -2.97. The van der Waals surface area contributed by atoms with Gasteiger partial charge in [0.15, 0.2) is 16.1 Å². The Morgan fingerprint density at radius 1 is 0.800 bits per heavy atom. The third-order valence-corrected chi connectivity index (χ3v) is 12.3. The Balaban J connectivity index is 2.44. The highest BCUT2D eigenvalue weighted by molar-refractivity contribution is 7.91. The fourth-order valence-corrected chi connectivity index (χ4v) is 7.49. The Bertz CT molecular complexity index is 937. The van der Waals surface area contributed by atoms with Crippen molar-refractivity contribution in [3.05, 3.63) is 0 Å². The fraction of sp³-hybridized carbons (Fsp3) is 0.974. The fourth-order valence-electron chi connectivity index (χ4n) is 6.41. The SMILES string of the molecule is CCCCCCCCCCCCCC[C@@H](O)[C@@H](O)[C@H](CO[C@@H]1C[C@H](O)[C@@H](O)[C@@H](CO)O1)NC(=O)CCCCCCCCCCS(=O)(=O)C(C)C. The van der Waals surface area contributed by atoms with Gasteiger partial charge in [-0.05, 0) is 33.1 Å². The number of unbranched alkanes of at least 4 members (excludes halogenated alkanes) is 18. The van der Waals surface area contributed by atoms with Crippen molar-refractivity contribution in [3.63, 3.8) is 0 Å². The van der Waals surface area contributed by atoms with Gasteiger partial charge in [-0.15, -0.1) is 0 Å². The standard InChI is InChI=1S/C38H75NO10S/c1-4-5-6-7-8-9-10-11-12-15-18-21-24-32(41)37(44)31(29-48-36-27-33(42)38(45)34(28-40)49-36)39-35(43)25-22-19-16-13-14-17-20-23-26-50(46,47)30(2)3/h30-34,36-38,40-42,44-45H,4-29H2,1-3H3,(H,39,43)/t31-,32+,33-,34+,36-,37-,38+/m0/s1. The smallest absolute Gasteiger partial charge is 0.220 e. The molecule has 6 N–H and O–H groups in total. The van der Waals surface area contributed by atoms with Crippen molar-refractivity contribution in [2.75, 3.05) is 19.0 Å². The number of aliphatic hydroxyl groups is 5. The summed E-state index contributed by atoms with van der Waals surface area (Å²) in [6.45, 7) is 5.00. The third kappa shape index (κ3) is 21.6. The summed E-state index contributed by atoms with van der Waals surface area (Å²) in [4.78, 5) is 12.9. The zero-order valence-electron chi connectivity index (χ0n) is 31.7. The van der Waals surface area contributed by atoms with E-state index in [1.807, 2.05) is 0 Å². The molecule has 1 fully saturated rings. The van der Waals surface area contributed by atoms with E-state index >= 15 is 0 Å². The lowest BCUT2D eigenvalue weighted by Gasteiger charge is -2.37. The number of nitrogens with one attached hydrogen (secondary N) is 1. The summed E-state index contributed by atoms with van der Waals surface area (Å²) in [5.41, 5.74) is 0. The number of ether oxygens (including phenoxy) is 2. The second kappa shape index (κ2) is 28.6. The minimum absolute atomic E-state index is 0.0348. The molecule has 0 unspecified atom stereocenters. The average molecular weight is 738 g/mol. The van der Waals surface area contributed by atoms with Crippen LogP contribution in [0.2, 0.25) is 0 Å². The Kier molecular flexibility index (Phi) is 27.0. The molecule has 0 aromatic heterocycles. The molecule has 0 aromatic carbocycles. The molecule has 0 aliphatic carbocycles. The Labute approximate surface area is 304 Å².